The second-order valence-corrected chi connectivity index (χ2v) is 3.81. The van der Waals surface area contributed by atoms with E-state index in [-0.39, 0.29) is 12.5 Å². The third-order valence-corrected chi connectivity index (χ3v) is 2.63. The molecule has 0 radical (unpaired) electrons. The van der Waals surface area contributed by atoms with Crippen molar-refractivity contribution in [3.63, 3.8) is 0 Å². The zero-order chi connectivity index (χ0) is 13.7. The molecule has 1 heterocycles. The van der Waals surface area contributed by atoms with E-state index in [2.05, 4.69) is 15.6 Å². The summed E-state index contributed by atoms with van der Waals surface area (Å²) in [6.45, 7) is 0.210. The molecule has 0 bridgehead atoms. The molecule has 0 aliphatic carbocycles. The van der Waals surface area contributed by atoms with Crippen LogP contribution in [0.2, 0.25) is 0 Å². The third-order valence-electron chi connectivity index (χ3n) is 2.63. The predicted octanol–water partition coefficient (Wildman–Crippen LogP) is 1.51. The number of nitrogens with zero attached hydrogens (tertiary/aromatic N) is 1. The van der Waals surface area contributed by atoms with E-state index >= 15 is 0 Å². The first-order valence-corrected chi connectivity index (χ1v) is 5.76. The van der Waals surface area contributed by atoms with Crippen molar-refractivity contribution < 1.29 is 13.9 Å². The van der Waals surface area contributed by atoms with Crippen molar-refractivity contribution in [2.45, 2.75) is 0 Å². The number of methoxy groups -OCH3 is 1. The van der Waals surface area contributed by atoms with Crippen LogP contribution in [0.4, 0.5) is 5.69 Å². The zero-order valence-corrected chi connectivity index (χ0v) is 10.8. The molecule has 6 nitrogen and oxygen atoms in total. The van der Waals surface area contributed by atoms with Gasteiger partial charge in [-0.05, 0) is 12.1 Å². The first-order chi connectivity index (χ1) is 9.24. The number of likely N-dealkylation sites (N-methyl/N-ethyl adjacent to an activating group) is 1. The number of hydrogen-bond acceptors (Lipinski definition) is 5. The minimum atomic E-state index is -0.0849. The van der Waals surface area contributed by atoms with Crippen molar-refractivity contribution in [3.05, 3.63) is 30.8 Å². The molecule has 1 aromatic carbocycles. The highest BCUT2D eigenvalue weighted by Gasteiger charge is 2.10. The molecule has 0 fully saturated rings. The van der Waals surface area contributed by atoms with Gasteiger partial charge in [0.25, 0.3) is 0 Å². The Hall–Kier alpha value is -2.50. The number of rotatable bonds is 5. The monoisotopic (exact) mass is 261 g/mol. The average Bonchev–Trinajstić information content (AvgIpc) is 2.98. The molecule has 0 unspecified atom stereocenters. The van der Waals surface area contributed by atoms with E-state index in [1.807, 2.05) is 12.1 Å². The summed E-state index contributed by atoms with van der Waals surface area (Å²) in [7, 11) is 3.18. The van der Waals surface area contributed by atoms with Gasteiger partial charge in [0, 0.05) is 18.8 Å². The number of oxazole rings is 1. The van der Waals surface area contributed by atoms with Gasteiger partial charge in [0.05, 0.1) is 25.4 Å². The average molecular weight is 261 g/mol. The number of ether oxygens (including phenoxy) is 1. The van der Waals surface area contributed by atoms with Gasteiger partial charge in [-0.1, -0.05) is 0 Å². The van der Waals surface area contributed by atoms with Crippen molar-refractivity contribution in [2.75, 3.05) is 26.0 Å². The summed E-state index contributed by atoms with van der Waals surface area (Å²) in [6, 6.07) is 5.51. The molecule has 19 heavy (non-hydrogen) atoms. The van der Waals surface area contributed by atoms with Crippen LogP contribution in [0, 0.1) is 0 Å². The molecular weight excluding hydrogens is 246 g/mol. The Morgan fingerprint density at radius 1 is 1.47 bits per heavy atom. The maximum absolute atomic E-state index is 11.2. The van der Waals surface area contributed by atoms with Crippen LogP contribution in [0.15, 0.2) is 35.2 Å². The fourth-order valence-corrected chi connectivity index (χ4v) is 1.62. The Morgan fingerprint density at radius 2 is 2.32 bits per heavy atom. The zero-order valence-electron chi connectivity index (χ0n) is 10.8. The van der Waals surface area contributed by atoms with Crippen LogP contribution in [-0.2, 0) is 4.79 Å². The van der Waals surface area contributed by atoms with E-state index < -0.39 is 0 Å². The number of anilines is 1. The lowest BCUT2D eigenvalue weighted by Gasteiger charge is -2.10. The van der Waals surface area contributed by atoms with Gasteiger partial charge in [0.2, 0.25) is 5.91 Å². The lowest BCUT2D eigenvalue weighted by atomic mass is 10.1. The predicted molar refractivity (Wildman–Crippen MR) is 71.0 cm³/mol. The molecule has 0 spiro atoms. The molecule has 0 aliphatic rings. The smallest absolute Gasteiger partial charge is 0.239 e. The van der Waals surface area contributed by atoms with Crippen LogP contribution in [0.3, 0.4) is 0 Å². The van der Waals surface area contributed by atoms with Crippen molar-refractivity contribution in [2.24, 2.45) is 0 Å². The lowest BCUT2D eigenvalue weighted by Crippen LogP contribution is -2.26. The highest BCUT2D eigenvalue weighted by Crippen LogP contribution is 2.32. The van der Waals surface area contributed by atoms with E-state index in [0.29, 0.717) is 11.5 Å². The summed E-state index contributed by atoms with van der Waals surface area (Å²) in [5.74, 6) is 1.20. The maximum atomic E-state index is 11.2. The molecule has 1 aromatic heterocycles. The fourth-order valence-electron chi connectivity index (χ4n) is 1.62. The Bertz CT molecular complexity index is 552. The Balaban J connectivity index is 2.19. The number of nitrogens with one attached hydrogen (secondary N) is 2. The number of carbonyl (C=O) groups is 1. The summed E-state index contributed by atoms with van der Waals surface area (Å²) in [6.07, 6.45) is 2.99. The summed E-state index contributed by atoms with van der Waals surface area (Å²) < 4.78 is 10.6. The van der Waals surface area contributed by atoms with E-state index in [0.717, 1.165) is 11.3 Å². The van der Waals surface area contributed by atoms with Crippen LogP contribution >= 0.6 is 0 Å². The molecule has 0 saturated carbocycles. The SMILES string of the molecule is CNC(=O)CNc1ccc(-c2cnco2)c(OC)c1. The van der Waals surface area contributed by atoms with Gasteiger partial charge in [-0.3, -0.25) is 4.79 Å². The van der Waals surface area contributed by atoms with Crippen molar-refractivity contribution >= 4 is 11.6 Å². The second-order valence-electron chi connectivity index (χ2n) is 3.81. The first kappa shape index (κ1) is 12.9. The normalized spacial score (nSPS) is 10.0. The lowest BCUT2D eigenvalue weighted by molar-refractivity contribution is -0.118. The van der Waals surface area contributed by atoms with Gasteiger partial charge in [-0.25, -0.2) is 4.98 Å². The van der Waals surface area contributed by atoms with Gasteiger partial charge in [0.15, 0.2) is 12.2 Å². The number of amides is 1. The molecule has 0 saturated heterocycles. The van der Waals surface area contributed by atoms with Crippen molar-refractivity contribution in [3.8, 4) is 17.1 Å². The first-order valence-electron chi connectivity index (χ1n) is 5.76. The maximum Gasteiger partial charge on any atom is 0.239 e. The highest BCUT2D eigenvalue weighted by molar-refractivity contribution is 5.80. The number of aromatic nitrogens is 1. The van der Waals surface area contributed by atoms with Crippen LogP contribution in [-0.4, -0.2) is 31.6 Å². The summed E-state index contributed by atoms with van der Waals surface area (Å²) >= 11 is 0. The van der Waals surface area contributed by atoms with Crippen LogP contribution in [0.1, 0.15) is 0 Å². The Kier molecular flexibility index (Phi) is 4.02. The van der Waals surface area contributed by atoms with E-state index in [4.69, 9.17) is 9.15 Å². The molecule has 2 aromatic rings. The molecular formula is C13H15N3O3. The number of carbonyl (C=O) groups excluding carboxylic acids is 1. The summed E-state index contributed by atoms with van der Waals surface area (Å²) in [4.78, 5) is 15.0. The van der Waals surface area contributed by atoms with E-state index in [1.54, 1.807) is 26.4 Å². The van der Waals surface area contributed by atoms with Crippen LogP contribution in [0.5, 0.6) is 5.75 Å². The fraction of sp³-hybridized carbons (Fsp3) is 0.231. The molecule has 6 heteroatoms. The Labute approximate surface area is 110 Å². The number of benzene rings is 1. The van der Waals surface area contributed by atoms with E-state index in [9.17, 15) is 4.79 Å². The van der Waals surface area contributed by atoms with Gasteiger partial charge < -0.3 is 19.8 Å². The van der Waals surface area contributed by atoms with Crippen molar-refractivity contribution in [1.29, 1.82) is 0 Å². The van der Waals surface area contributed by atoms with Gasteiger partial charge in [0.1, 0.15) is 5.75 Å². The molecule has 2 rings (SSSR count). The summed E-state index contributed by atoms with van der Waals surface area (Å²) in [5.41, 5.74) is 1.61. The molecule has 100 valence electrons. The Morgan fingerprint density at radius 3 is 2.95 bits per heavy atom. The molecule has 1 amide bonds. The molecule has 0 atom stereocenters. The third kappa shape index (κ3) is 3.04. The molecule has 0 aliphatic heterocycles. The second kappa shape index (κ2) is 5.90. The standard InChI is InChI=1S/C13H15N3O3/c1-14-13(17)7-16-9-3-4-10(11(5-9)18-2)12-6-15-8-19-12/h3-6,8,16H,7H2,1-2H3,(H,14,17). The topological polar surface area (TPSA) is 76.4 Å². The van der Waals surface area contributed by atoms with Gasteiger partial charge in [-0.2, -0.15) is 0 Å². The van der Waals surface area contributed by atoms with E-state index in [1.165, 1.54) is 6.39 Å². The minimum Gasteiger partial charge on any atom is -0.496 e. The summed E-state index contributed by atoms with van der Waals surface area (Å²) in [5, 5.41) is 5.55. The molecule has 2 N–H and O–H groups in total. The van der Waals surface area contributed by atoms with Gasteiger partial charge >= 0.3 is 0 Å². The van der Waals surface area contributed by atoms with Gasteiger partial charge in [-0.15, -0.1) is 0 Å². The largest absolute Gasteiger partial charge is 0.496 e. The quantitative estimate of drug-likeness (QED) is 0.853. The highest BCUT2D eigenvalue weighted by atomic mass is 16.5. The van der Waals surface area contributed by atoms with Crippen LogP contribution < -0.4 is 15.4 Å². The van der Waals surface area contributed by atoms with Crippen molar-refractivity contribution in [1.82, 2.24) is 10.3 Å². The van der Waals surface area contributed by atoms with Crippen LogP contribution in [0.25, 0.3) is 11.3 Å². The number of hydrogen-bond donors (Lipinski definition) is 2. The minimum absolute atomic E-state index is 0.0849.